The molecule has 1 amide bonds. The van der Waals surface area contributed by atoms with E-state index in [1.807, 2.05) is 4.90 Å². The summed E-state index contributed by atoms with van der Waals surface area (Å²) in [5.41, 5.74) is 1.24. The smallest absolute Gasteiger partial charge is 0.232 e. The predicted molar refractivity (Wildman–Crippen MR) is 97.2 cm³/mol. The Labute approximate surface area is 145 Å². The van der Waals surface area contributed by atoms with Crippen molar-refractivity contribution in [1.82, 2.24) is 14.9 Å². The SMILES string of the molecule is CCCN(CC1CC1)C(=O)CSc1ncnc2sc(C)c(C)c12. The molecule has 4 nitrogen and oxygen atoms in total. The summed E-state index contributed by atoms with van der Waals surface area (Å²) in [6.45, 7) is 8.15. The molecule has 0 aliphatic heterocycles. The molecule has 1 fully saturated rings. The molecule has 1 aliphatic carbocycles. The van der Waals surface area contributed by atoms with Gasteiger partial charge in [-0.25, -0.2) is 9.97 Å². The molecule has 3 rings (SSSR count). The molecule has 2 aromatic heterocycles. The van der Waals surface area contributed by atoms with Crippen molar-refractivity contribution in [3.05, 3.63) is 16.8 Å². The van der Waals surface area contributed by atoms with Crippen LogP contribution in [0.5, 0.6) is 0 Å². The van der Waals surface area contributed by atoms with Gasteiger partial charge in [0.2, 0.25) is 5.91 Å². The van der Waals surface area contributed by atoms with E-state index in [-0.39, 0.29) is 5.91 Å². The maximum absolute atomic E-state index is 12.6. The van der Waals surface area contributed by atoms with Crippen molar-refractivity contribution in [2.24, 2.45) is 5.92 Å². The molecule has 2 aromatic rings. The Morgan fingerprint density at radius 3 is 2.87 bits per heavy atom. The predicted octanol–water partition coefficient (Wildman–Crippen LogP) is 4.05. The molecule has 1 saturated carbocycles. The van der Waals surface area contributed by atoms with Gasteiger partial charge in [0.25, 0.3) is 0 Å². The monoisotopic (exact) mass is 349 g/mol. The standard InChI is InChI=1S/C17H23N3OS2/c1-4-7-20(8-13-5-6-13)14(21)9-22-16-15-11(2)12(3)23-17(15)19-10-18-16/h10,13H,4-9H2,1-3H3. The molecule has 124 valence electrons. The van der Waals surface area contributed by atoms with Gasteiger partial charge < -0.3 is 4.90 Å². The fourth-order valence-corrected chi connectivity index (χ4v) is 4.70. The maximum atomic E-state index is 12.6. The summed E-state index contributed by atoms with van der Waals surface area (Å²) in [5, 5.41) is 2.06. The molecule has 0 saturated heterocycles. The third-order valence-corrected chi connectivity index (χ3v) is 6.37. The number of rotatable bonds is 7. The van der Waals surface area contributed by atoms with Gasteiger partial charge in [-0.3, -0.25) is 4.79 Å². The van der Waals surface area contributed by atoms with E-state index < -0.39 is 0 Å². The molecular formula is C17H23N3OS2. The number of carbonyl (C=O) groups is 1. The molecule has 1 aliphatic rings. The average molecular weight is 350 g/mol. The van der Waals surface area contributed by atoms with Crippen molar-refractivity contribution in [3.63, 3.8) is 0 Å². The van der Waals surface area contributed by atoms with E-state index in [1.54, 1.807) is 29.4 Å². The molecule has 6 heteroatoms. The second kappa shape index (κ2) is 7.18. The minimum atomic E-state index is 0.236. The van der Waals surface area contributed by atoms with Crippen LogP contribution < -0.4 is 0 Å². The van der Waals surface area contributed by atoms with Gasteiger partial charge in [0.1, 0.15) is 16.2 Å². The van der Waals surface area contributed by atoms with E-state index in [4.69, 9.17) is 0 Å². The molecular weight excluding hydrogens is 326 g/mol. The van der Waals surface area contributed by atoms with Crippen molar-refractivity contribution >= 4 is 39.2 Å². The summed E-state index contributed by atoms with van der Waals surface area (Å²) in [6.07, 6.45) is 5.18. The van der Waals surface area contributed by atoms with Crippen LogP contribution in [-0.4, -0.2) is 39.6 Å². The number of thiophene rings is 1. The Bertz CT molecular complexity index is 709. The van der Waals surface area contributed by atoms with Crippen LogP contribution in [-0.2, 0) is 4.79 Å². The van der Waals surface area contributed by atoms with Crippen LogP contribution in [0.2, 0.25) is 0 Å². The molecule has 0 atom stereocenters. The fourth-order valence-electron chi connectivity index (χ4n) is 2.68. The molecule has 23 heavy (non-hydrogen) atoms. The number of aromatic nitrogens is 2. The molecule has 0 bridgehead atoms. The molecule has 0 spiro atoms. The third kappa shape index (κ3) is 3.86. The Kier molecular flexibility index (Phi) is 5.21. The van der Waals surface area contributed by atoms with Gasteiger partial charge in [-0.05, 0) is 44.6 Å². The fraction of sp³-hybridized carbons (Fsp3) is 0.588. The highest BCUT2D eigenvalue weighted by Crippen LogP contribution is 2.35. The minimum absolute atomic E-state index is 0.236. The van der Waals surface area contributed by atoms with Crippen molar-refractivity contribution in [3.8, 4) is 0 Å². The first kappa shape index (κ1) is 16.7. The second-order valence-corrected chi connectivity index (χ2v) is 8.38. The lowest BCUT2D eigenvalue weighted by Gasteiger charge is -2.21. The lowest BCUT2D eigenvalue weighted by Crippen LogP contribution is -2.34. The number of nitrogens with zero attached hydrogens (tertiary/aromatic N) is 3. The van der Waals surface area contributed by atoms with E-state index in [0.717, 1.165) is 40.7 Å². The highest BCUT2D eigenvalue weighted by Gasteiger charge is 2.26. The second-order valence-electron chi connectivity index (χ2n) is 6.21. The molecule has 2 heterocycles. The Balaban J connectivity index is 1.70. The Morgan fingerprint density at radius 2 is 2.17 bits per heavy atom. The largest absolute Gasteiger partial charge is 0.342 e. The van der Waals surface area contributed by atoms with Crippen LogP contribution in [0.1, 0.15) is 36.6 Å². The van der Waals surface area contributed by atoms with Crippen molar-refractivity contribution in [2.75, 3.05) is 18.8 Å². The van der Waals surface area contributed by atoms with E-state index in [0.29, 0.717) is 5.75 Å². The number of thioether (sulfide) groups is 1. The zero-order chi connectivity index (χ0) is 16.4. The van der Waals surface area contributed by atoms with Gasteiger partial charge >= 0.3 is 0 Å². The number of fused-ring (bicyclic) bond motifs is 1. The maximum Gasteiger partial charge on any atom is 0.232 e. The summed E-state index contributed by atoms with van der Waals surface area (Å²) < 4.78 is 0. The Hall–Kier alpha value is -1.14. The number of hydrogen-bond acceptors (Lipinski definition) is 5. The van der Waals surface area contributed by atoms with Gasteiger partial charge in [-0.15, -0.1) is 11.3 Å². The summed E-state index contributed by atoms with van der Waals surface area (Å²) in [6, 6.07) is 0. The average Bonchev–Trinajstić information content (AvgIpc) is 3.30. The van der Waals surface area contributed by atoms with Crippen molar-refractivity contribution in [1.29, 1.82) is 0 Å². The van der Waals surface area contributed by atoms with Crippen LogP contribution in [0.15, 0.2) is 11.4 Å². The number of carbonyl (C=O) groups excluding carboxylic acids is 1. The van der Waals surface area contributed by atoms with Crippen LogP contribution in [0.25, 0.3) is 10.2 Å². The van der Waals surface area contributed by atoms with E-state index in [9.17, 15) is 4.79 Å². The summed E-state index contributed by atoms with van der Waals surface area (Å²) in [4.78, 5) is 25.7. The van der Waals surface area contributed by atoms with Crippen LogP contribution in [0, 0.1) is 19.8 Å². The lowest BCUT2D eigenvalue weighted by atomic mass is 10.2. The van der Waals surface area contributed by atoms with E-state index in [2.05, 4.69) is 30.7 Å². The molecule has 0 radical (unpaired) electrons. The number of amides is 1. The summed E-state index contributed by atoms with van der Waals surface area (Å²) in [7, 11) is 0. The molecule has 0 N–H and O–H groups in total. The van der Waals surface area contributed by atoms with Crippen LogP contribution in [0.4, 0.5) is 0 Å². The summed E-state index contributed by atoms with van der Waals surface area (Å²) in [5.74, 6) is 1.44. The summed E-state index contributed by atoms with van der Waals surface area (Å²) >= 11 is 3.25. The zero-order valence-corrected chi connectivity index (χ0v) is 15.6. The van der Waals surface area contributed by atoms with Gasteiger partial charge in [0.15, 0.2) is 0 Å². The minimum Gasteiger partial charge on any atom is -0.342 e. The van der Waals surface area contributed by atoms with Gasteiger partial charge in [0.05, 0.1) is 5.75 Å². The van der Waals surface area contributed by atoms with E-state index in [1.165, 1.54) is 23.3 Å². The number of aryl methyl sites for hydroxylation is 2. The molecule has 0 unspecified atom stereocenters. The topological polar surface area (TPSA) is 46.1 Å². The highest BCUT2D eigenvalue weighted by atomic mass is 32.2. The van der Waals surface area contributed by atoms with Crippen molar-refractivity contribution < 1.29 is 4.79 Å². The van der Waals surface area contributed by atoms with Gasteiger partial charge in [-0.1, -0.05) is 18.7 Å². The van der Waals surface area contributed by atoms with Crippen molar-refractivity contribution in [2.45, 2.75) is 45.1 Å². The molecule has 0 aromatic carbocycles. The Morgan fingerprint density at radius 1 is 1.39 bits per heavy atom. The lowest BCUT2D eigenvalue weighted by molar-refractivity contribution is -0.128. The first-order chi connectivity index (χ1) is 11.1. The van der Waals surface area contributed by atoms with Gasteiger partial charge in [-0.2, -0.15) is 0 Å². The van der Waals surface area contributed by atoms with Crippen LogP contribution in [0.3, 0.4) is 0 Å². The first-order valence-electron chi connectivity index (χ1n) is 8.21. The third-order valence-electron chi connectivity index (χ3n) is 4.28. The van der Waals surface area contributed by atoms with Gasteiger partial charge in [0, 0.05) is 23.4 Å². The van der Waals surface area contributed by atoms with Crippen LogP contribution >= 0.6 is 23.1 Å². The zero-order valence-electron chi connectivity index (χ0n) is 14.0. The normalized spacial score (nSPS) is 14.4. The quantitative estimate of drug-likeness (QED) is 0.559. The van der Waals surface area contributed by atoms with E-state index >= 15 is 0 Å². The number of hydrogen-bond donors (Lipinski definition) is 0. The highest BCUT2D eigenvalue weighted by molar-refractivity contribution is 8.00. The first-order valence-corrected chi connectivity index (χ1v) is 10.0.